The molecule has 0 saturated heterocycles. The Bertz CT molecular complexity index is 699. The standard InChI is InChI=1S/C12H15F3N2O4S/c1-12(2,3)21-11(18)16-6-5-7(17-22(4,19)20)9(14)10(15)8(6)13/h5,17H,1-4H3,(H,16,18). The van der Waals surface area contributed by atoms with E-state index in [1.807, 2.05) is 5.32 Å². The Morgan fingerprint density at radius 2 is 1.59 bits per heavy atom. The number of hydrogen-bond donors (Lipinski definition) is 2. The van der Waals surface area contributed by atoms with Gasteiger partial charge in [0, 0.05) is 0 Å². The third-order valence-electron chi connectivity index (χ3n) is 2.08. The van der Waals surface area contributed by atoms with Gasteiger partial charge in [0.2, 0.25) is 10.0 Å². The maximum absolute atomic E-state index is 13.6. The van der Waals surface area contributed by atoms with E-state index in [1.165, 1.54) is 0 Å². The Morgan fingerprint density at radius 1 is 1.09 bits per heavy atom. The zero-order valence-corrected chi connectivity index (χ0v) is 13.1. The minimum Gasteiger partial charge on any atom is -0.444 e. The van der Waals surface area contributed by atoms with Gasteiger partial charge in [0.15, 0.2) is 17.5 Å². The topological polar surface area (TPSA) is 84.5 Å². The minimum atomic E-state index is -3.93. The number of sulfonamides is 1. The van der Waals surface area contributed by atoms with Crippen LogP contribution in [0.25, 0.3) is 0 Å². The fraction of sp³-hybridized carbons (Fsp3) is 0.417. The molecule has 0 aromatic heterocycles. The zero-order valence-electron chi connectivity index (χ0n) is 12.3. The van der Waals surface area contributed by atoms with E-state index in [0.29, 0.717) is 12.3 Å². The summed E-state index contributed by atoms with van der Waals surface area (Å²) in [5.74, 6) is -5.33. The van der Waals surface area contributed by atoms with Crippen LogP contribution >= 0.6 is 0 Å². The SMILES string of the molecule is CC(C)(C)OC(=O)Nc1cc(NS(C)(=O)=O)c(F)c(F)c1F. The zero-order chi connectivity index (χ0) is 17.3. The van der Waals surface area contributed by atoms with Gasteiger partial charge in [0.25, 0.3) is 0 Å². The fourth-order valence-electron chi connectivity index (χ4n) is 1.38. The second-order valence-corrected chi connectivity index (χ2v) is 7.16. The van der Waals surface area contributed by atoms with Crippen LogP contribution in [0.2, 0.25) is 0 Å². The van der Waals surface area contributed by atoms with Crippen LogP contribution < -0.4 is 10.0 Å². The second kappa shape index (κ2) is 6.03. The summed E-state index contributed by atoms with van der Waals surface area (Å²) in [4.78, 5) is 11.5. The molecule has 0 aliphatic heterocycles. The van der Waals surface area contributed by atoms with Gasteiger partial charge >= 0.3 is 6.09 Å². The Balaban J connectivity index is 3.18. The van der Waals surface area contributed by atoms with Crippen molar-refractivity contribution in [1.29, 1.82) is 0 Å². The van der Waals surface area contributed by atoms with Gasteiger partial charge < -0.3 is 4.74 Å². The van der Waals surface area contributed by atoms with E-state index in [4.69, 9.17) is 4.74 Å². The van der Waals surface area contributed by atoms with Crippen LogP contribution in [0.4, 0.5) is 29.3 Å². The van der Waals surface area contributed by atoms with Gasteiger partial charge in [-0.1, -0.05) is 0 Å². The van der Waals surface area contributed by atoms with Crippen molar-refractivity contribution in [2.24, 2.45) is 0 Å². The molecule has 0 aliphatic carbocycles. The van der Waals surface area contributed by atoms with E-state index in [0.717, 1.165) is 0 Å². The lowest BCUT2D eigenvalue weighted by Crippen LogP contribution is -2.27. The van der Waals surface area contributed by atoms with Crippen molar-refractivity contribution in [3.8, 4) is 0 Å². The van der Waals surface area contributed by atoms with Crippen molar-refractivity contribution in [3.05, 3.63) is 23.5 Å². The normalized spacial score (nSPS) is 12.0. The van der Waals surface area contributed by atoms with Crippen molar-refractivity contribution in [1.82, 2.24) is 0 Å². The number of carbonyl (C=O) groups is 1. The molecule has 10 heteroatoms. The van der Waals surface area contributed by atoms with Gasteiger partial charge in [-0.2, -0.15) is 0 Å². The molecule has 6 nitrogen and oxygen atoms in total. The first-order valence-electron chi connectivity index (χ1n) is 5.95. The van der Waals surface area contributed by atoms with Crippen molar-refractivity contribution in [3.63, 3.8) is 0 Å². The molecule has 2 N–H and O–H groups in total. The smallest absolute Gasteiger partial charge is 0.412 e. The number of amides is 1. The van der Waals surface area contributed by atoms with Crippen LogP contribution in [0.1, 0.15) is 20.8 Å². The van der Waals surface area contributed by atoms with Crippen molar-refractivity contribution in [2.45, 2.75) is 26.4 Å². The molecule has 0 saturated carbocycles. The van der Waals surface area contributed by atoms with Gasteiger partial charge in [0.05, 0.1) is 17.6 Å². The van der Waals surface area contributed by atoms with E-state index in [9.17, 15) is 26.4 Å². The number of rotatable bonds is 3. The molecule has 0 bridgehead atoms. The number of hydrogen-bond acceptors (Lipinski definition) is 4. The highest BCUT2D eigenvalue weighted by molar-refractivity contribution is 7.92. The third-order valence-corrected chi connectivity index (χ3v) is 2.67. The van der Waals surface area contributed by atoms with E-state index >= 15 is 0 Å². The monoisotopic (exact) mass is 340 g/mol. The van der Waals surface area contributed by atoms with Crippen molar-refractivity contribution in [2.75, 3.05) is 16.3 Å². The van der Waals surface area contributed by atoms with E-state index < -0.39 is 50.5 Å². The lowest BCUT2D eigenvalue weighted by Gasteiger charge is -2.20. The molecule has 1 rings (SSSR count). The van der Waals surface area contributed by atoms with Crippen molar-refractivity contribution >= 4 is 27.5 Å². The number of ether oxygens (including phenoxy) is 1. The molecular formula is C12H15F3N2O4S. The highest BCUT2D eigenvalue weighted by Crippen LogP contribution is 2.28. The maximum Gasteiger partial charge on any atom is 0.412 e. The largest absolute Gasteiger partial charge is 0.444 e. The van der Waals surface area contributed by atoms with Crippen LogP contribution in [0.5, 0.6) is 0 Å². The number of carbonyl (C=O) groups excluding carboxylic acids is 1. The molecule has 0 atom stereocenters. The average molecular weight is 340 g/mol. The summed E-state index contributed by atoms with van der Waals surface area (Å²) in [5, 5.41) is 1.88. The molecule has 0 heterocycles. The molecular weight excluding hydrogens is 325 g/mol. The van der Waals surface area contributed by atoms with Crippen LogP contribution in [-0.4, -0.2) is 26.4 Å². The Kier molecular flexibility index (Phi) is 4.96. The summed E-state index contributed by atoms with van der Waals surface area (Å²) in [6.07, 6.45) is -0.406. The van der Waals surface area contributed by atoms with Gasteiger partial charge in [-0.25, -0.2) is 26.4 Å². The summed E-state index contributed by atoms with van der Waals surface area (Å²) in [7, 11) is -3.93. The maximum atomic E-state index is 13.6. The van der Waals surface area contributed by atoms with Gasteiger partial charge in [-0.05, 0) is 26.8 Å². The van der Waals surface area contributed by atoms with E-state index in [2.05, 4.69) is 0 Å². The Labute approximate surface area is 125 Å². The molecule has 1 aromatic carbocycles. The molecule has 1 amide bonds. The van der Waals surface area contributed by atoms with E-state index in [1.54, 1.807) is 25.5 Å². The van der Waals surface area contributed by atoms with Crippen LogP contribution in [0.15, 0.2) is 6.07 Å². The molecule has 0 fully saturated rings. The molecule has 124 valence electrons. The molecule has 0 radical (unpaired) electrons. The summed E-state index contributed by atoms with van der Waals surface area (Å²) in [6, 6.07) is 0.610. The predicted molar refractivity (Wildman–Crippen MR) is 74.6 cm³/mol. The fourth-order valence-corrected chi connectivity index (χ4v) is 1.93. The lowest BCUT2D eigenvalue weighted by molar-refractivity contribution is 0.0635. The molecule has 1 aromatic rings. The van der Waals surface area contributed by atoms with Crippen LogP contribution in [-0.2, 0) is 14.8 Å². The minimum absolute atomic E-state index is 0.610. The summed E-state index contributed by atoms with van der Waals surface area (Å²) < 4.78 is 69.2. The summed E-state index contributed by atoms with van der Waals surface area (Å²) >= 11 is 0. The van der Waals surface area contributed by atoms with Crippen LogP contribution in [0, 0.1) is 17.5 Å². The summed E-state index contributed by atoms with van der Waals surface area (Å²) in [6.45, 7) is 4.64. The Morgan fingerprint density at radius 3 is 2.05 bits per heavy atom. The lowest BCUT2D eigenvalue weighted by atomic mass is 10.2. The second-order valence-electron chi connectivity index (χ2n) is 5.41. The first-order chi connectivity index (χ1) is 9.80. The first kappa shape index (κ1) is 18.1. The quantitative estimate of drug-likeness (QED) is 0.829. The molecule has 0 unspecified atom stereocenters. The highest BCUT2D eigenvalue weighted by Gasteiger charge is 2.23. The van der Waals surface area contributed by atoms with Gasteiger partial charge in [-0.15, -0.1) is 0 Å². The highest BCUT2D eigenvalue weighted by atomic mass is 32.2. The average Bonchev–Trinajstić information content (AvgIpc) is 2.28. The molecule has 22 heavy (non-hydrogen) atoms. The molecule has 0 aliphatic rings. The summed E-state index contributed by atoms with van der Waals surface area (Å²) in [5.41, 5.74) is -2.50. The molecule has 0 spiro atoms. The first-order valence-corrected chi connectivity index (χ1v) is 7.84. The number of nitrogens with one attached hydrogen (secondary N) is 2. The van der Waals surface area contributed by atoms with Gasteiger partial charge in [-0.3, -0.25) is 10.0 Å². The van der Waals surface area contributed by atoms with Crippen molar-refractivity contribution < 1.29 is 31.1 Å². The number of benzene rings is 1. The van der Waals surface area contributed by atoms with Gasteiger partial charge in [0.1, 0.15) is 5.60 Å². The third kappa shape index (κ3) is 5.10. The van der Waals surface area contributed by atoms with Crippen LogP contribution in [0.3, 0.4) is 0 Å². The Hall–Kier alpha value is -1.97. The predicted octanol–water partition coefficient (Wildman–Crippen LogP) is 2.82. The van der Waals surface area contributed by atoms with E-state index in [-0.39, 0.29) is 0 Å². The number of anilines is 2. The number of halogens is 3.